The van der Waals surface area contributed by atoms with Crippen LogP contribution in [0.3, 0.4) is 0 Å². The quantitative estimate of drug-likeness (QED) is 0.603. The van der Waals surface area contributed by atoms with Crippen molar-refractivity contribution in [2.24, 2.45) is 0 Å². The number of hydrogen-bond acceptors (Lipinski definition) is 6. The molecule has 34 heavy (non-hydrogen) atoms. The van der Waals surface area contributed by atoms with Crippen molar-refractivity contribution >= 4 is 21.8 Å². The first-order valence-electron chi connectivity index (χ1n) is 11.1. The van der Waals surface area contributed by atoms with E-state index in [0.29, 0.717) is 13.1 Å². The molecule has 0 aliphatic carbocycles. The van der Waals surface area contributed by atoms with Crippen molar-refractivity contribution in [3.05, 3.63) is 59.7 Å². The highest BCUT2D eigenvalue weighted by Crippen LogP contribution is 2.16. The predicted octanol–water partition coefficient (Wildman–Crippen LogP) is 1.41. The first kappa shape index (κ1) is 25.7. The molecule has 1 aliphatic rings. The van der Waals surface area contributed by atoms with E-state index in [2.05, 4.69) is 10.2 Å². The summed E-state index contributed by atoms with van der Waals surface area (Å²) in [6, 6.07) is 13.8. The molecule has 0 unspecified atom stereocenters. The summed E-state index contributed by atoms with van der Waals surface area (Å²) in [4.78, 5) is 29.4. The normalized spacial score (nSPS) is 15.1. The fourth-order valence-corrected chi connectivity index (χ4v) is 4.69. The van der Waals surface area contributed by atoms with E-state index in [0.717, 1.165) is 36.1 Å². The van der Waals surface area contributed by atoms with E-state index >= 15 is 0 Å². The van der Waals surface area contributed by atoms with Gasteiger partial charge in [0.15, 0.2) is 0 Å². The Balaban J connectivity index is 1.51. The van der Waals surface area contributed by atoms with Crippen LogP contribution in [0.1, 0.15) is 22.3 Å². The average molecular weight is 489 g/mol. The van der Waals surface area contributed by atoms with E-state index in [1.807, 2.05) is 24.3 Å². The van der Waals surface area contributed by atoms with Gasteiger partial charge in [-0.1, -0.05) is 18.2 Å². The Bertz CT molecular complexity index is 1100. The monoisotopic (exact) mass is 488 g/mol. The summed E-state index contributed by atoms with van der Waals surface area (Å²) >= 11 is 0. The number of benzene rings is 2. The van der Waals surface area contributed by atoms with Gasteiger partial charge in [-0.05, 0) is 42.3 Å². The highest BCUT2D eigenvalue weighted by Gasteiger charge is 2.21. The van der Waals surface area contributed by atoms with Crippen molar-refractivity contribution in [2.75, 3.05) is 53.9 Å². The molecule has 2 amide bonds. The third-order valence-corrected chi connectivity index (χ3v) is 7.59. The van der Waals surface area contributed by atoms with E-state index in [1.165, 1.54) is 43.9 Å². The second-order valence-electron chi connectivity index (χ2n) is 8.36. The molecule has 1 N–H and O–H groups in total. The predicted molar refractivity (Wildman–Crippen MR) is 129 cm³/mol. The van der Waals surface area contributed by atoms with Crippen molar-refractivity contribution < 1.29 is 22.7 Å². The minimum Gasteiger partial charge on any atom is -0.497 e. The number of carbonyl (C=O) groups is 2. The molecule has 9 nitrogen and oxygen atoms in total. The van der Waals surface area contributed by atoms with Gasteiger partial charge < -0.3 is 15.0 Å². The van der Waals surface area contributed by atoms with Gasteiger partial charge in [0.05, 0.1) is 18.6 Å². The fraction of sp³-hybridized carbons (Fsp3) is 0.417. The maximum absolute atomic E-state index is 12.7. The zero-order valence-corrected chi connectivity index (χ0v) is 20.7. The number of methoxy groups -OCH3 is 1. The number of ether oxygens (including phenoxy) is 1. The lowest BCUT2D eigenvalue weighted by molar-refractivity contribution is -0.130. The number of carbonyl (C=O) groups excluding carboxylic acids is 2. The summed E-state index contributed by atoms with van der Waals surface area (Å²) in [7, 11) is 0.855. The van der Waals surface area contributed by atoms with E-state index in [4.69, 9.17) is 4.74 Å². The Morgan fingerprint density at radius 1 is 1.03 bits per heavy atom. The summed E-state index contributed by atoms with van der Waals surface area (Å²) in [5.41, 5.74) is 1.38. The summed E-state index contributed by atoms with van der Waals surface area (Å²) in [6.45, 7) is 3.51. The van der Waals surface area contributed by atoms with Crippen molar-refractivity contribution in [3.8, 4) is 5.75 Å². The third-order valence-electron chi connectivity index (χ3n) is 5.78. The summed E-state index contributed by atoms with van der Waals surface area (Å²) < 4.78 is 30.9. The van der Waals surface area contributed by atoms with Gasteiger partial charge in [0, 0.05) is 52.4 Å². The Hall–Kier alpha value is -2.95. The number of amides is 2. The van der Waals surface area contributed by atoms with E-state index < -0.39 is 15.9 Å². The van der Waals surface area contributed by atoms with E-state index in [1.54, 1.807) is 12.0 Å². The molecule has 1 saturated heterocycles. The summed E-state index contributed by atoms with van der Waals surface area (Å²) in [6.07, 6.45) is 0.848. The Kier molecular flexibility index (Phi) is 8.65. The SMILES string of the molecule is COc1ccc(CN2CCCN(C(=O)CNC(=O)c3cccc(S(=O)(=O)N(C)C)c3)CC2)cc1. The second-order valence-corrected chi connectivity index (χ2v) is 10.5. The van der Waals surface area contributed by atoms with Gasteiger partial charge in [0.2, 0.25) is 15.9 Å². The third kappa shape index (κ3) is 6.55. The lowest BCUT2D eigenvalue weighted by atomic mass is 10.2. The molecule has 2 aromatic carbocycles. The first-order valence-corrected chi connectivity index (χ1v) is 12.6. The number of nitrogens with zero attached hydrogens (tertiary/aromatic N) is 3. The van der Waals surface area contributed by atoms with Crippen molar-refractivity contribution in [1.29, 1.82) is 0 Å². The zero-order chi connectivity index (χ0) is 24.7. The van der Waals surface area contributed by atoms with Gasteiger partial charge in [-0.25, -0.2) is 12.7 Å². The molecule has 0 saturated carbocycles. The van der Waals surface area contributed by atoms with Crippen LogP contribution in [0, 0.1) is 0 Å². The van der Waals surface area contributed by atoms with E-state index in [9.17, 15) is 18.0 Å². The van der Waals surface area contributed by atoms with E-state index in [-0.39, 0.29) is 22.9 Å². The highest BCUT2D eigenvalue weighted by atomic mass is 32.2. The lowest BCUT2D eigenvalue weighted by Crippen LogP contribution is -2.42. The van der Waals surface area contributed by atoms with Gasteiger partial charge in [0.25, 0.3) is 5.91 Å². The molecule has 0 bridgehead atoms. The summed E-state index contributed by atoms with van der Waals surface area (Å²) in [5.74, 6) is 0.182. The molecule has 1 aliphatic heterocycles. The molecular formula is C24H32N4O5S. The lowest BCUT2D eigenvalue weighted by Gasteiger charge is -2.22. The van der Waals surface area contributed by atoms with Gasteiger partial charge in [-0.2, -0.15) is 0 Å². The molecule has 1 fully saturated rings. The number of nitrogens with one attached hydrogen (secondary N) is 1. The van der Waals surface area contributed by atoms with Crippen LogP contribution in [0.15, 0.2) is 53.4 Å². The number of hydrogen-bond donors (Lipinski definition) is 1. The van der Waals surface area contributed by atoms with Gasteiger partial charge in [0.1, 0.15) is 5.75 Å². The Labute approximate surface area is 201 Å². The van der Waals surface area contributed by atoms with Crippen LogP contribution < -0.4 is 10.1 Å². The minimum absolute atomic E-state index is 0.0287. The maximum atomic E-state index is 12.7. The van der Waals surface area contributed by atoms with Gasteiger partial charge >= 0.3 is 0 Å². The van der Waals surface area contributed by atoms with Crippen molar-refractivity contribution in [3.63, 3.8) is 0 Å². The maximum Gasteiger partial charge on any atom is 0.251 e. The molecule has 1 heterocycles. The molecule has 3 rings (SSSR count). The van der Waals surface area contributed by atoms with Crippen LogP contribution in [0.4, 0.5) is 0 Å². The molecule has 0 aromatic heterocycles. The molecule has 184 valence electrons. The number of rotatable bonds is 8. The average Bonchev–Trinajstić information content (AvgIpc) is 3.08. The number of sulfonamides is 1. The molecular weight excluding hydrogens is 456 g/mol. The topological polar surface area (TPSA) is 99.3 Å². The molecule has 0 radical (unpaired) electrons. The summed E-state index contributed by atoms with van der Waals surface area (Å²) in [5, 5.41) is 2.62. The largest absolute Gasteiger partial charge is 0.497 e. The fourth-order valence-electron chi connectivity index (χ4n) is 3.75. The highest BCUT2D eigenvalue weighted by molar-refractivity contribution is 7.89. The van der Waals surface area contributed by atoms with Crippen LogP contribution in [-0.2, 0) is 21.4 Å². The first-order chi connectivity index (χ1) is 16.2. The molecule has 2 aromatic rings. The minimum atomic E-state index is -3.65. The van der Waals surface area contributed by atoms with Crippen LogP contribution >= 0.6 is 0 Å². The second kappa shape index (κ2) is 11.5. The van der Waals surface area contributed by atoms with Gasteiger partial charge in [-0.3, -0.25) is 14.5 Å². The Morgan fingerprint density at radius 3 is 2.44 bits per heavy atom. The smallest absolute Gasteiger partial charge is 0.251 e. The van der Waals surface area contributed by atoms with Crippen LogP contribution in [0.25, 0.3) is 0 Å². The molecule has 10 heteroatoms. The van der Waals surface area contributed by atoms with Crippen LogP contribution in [0.2, 0.25) is 0 Å². The van der Waals surface area contributed by atoms with Gasteiger partial charge in [-0.15, -0.1) is 0 Å². The zero-order valence-electron chi connectivity index (χ0n) is 19.9. The molecule has 0 atom stereocenters. The Morgan fingerprint density at radius 2 is 1.76 bits per heavy atom. The standard InChI is InChI=1S/C24H32N4O5S/c1-26(2)34(31,32)22-7-4-6-20(16-22)24(30)25-17-23(29)28-13-5-12-27(14-15-28)18-19-8-10-21(33-3)11-9-19/h4,6-11,16H,5,12-15,17-18H2,1-3H3,(H,25,30). The molecule has 0 spiro atoms. The van der Waals surface area contributed by atoms with Crippen molar-refractivity contribution in [2.45, 2.75) is 17.9 Å². The van der Waals surface area contributed by atoms with Crippen molar-refractivity contribution in [1.82, 2.24) is 19.4 Å². The van der Waals surface area contributed by atoms with Crippen LogP contribution in [-0.4, -0.2) is 88.3 Å². The van der Waals surface area contributed by atoms with Crippen LogP contribution in [0.5, 0.6) is 5.75 Å².